The number of carbonyl (C=O) groups is 11. The number of hydrogen-bond acceptors (Lipinski definition) is 32. The smallest absolute Gasteiger partial charge is 0.339 e. The van der Waals surface area contributed by atoms with Crippen molar-refractivity contribution in [2.24, 2.45) is 0 Å². The predicted molar refractivity (Wildman–Crippen MR) is 560 cm³/mol. The van der Waals surface area contributed by atoms with Gasteiger partial charge in [-0.2, -0.15) is 0 Å². The van der Waals surface area contributed by atoms with E-state index in [9.17, 15) is 52.7 Å². The number of nitrogens with one attached hydrogen (secondary N) is 1. The highest BCUT2D eigenvalue weighted by molar-refractivity contribution is 6.18. The van der Waals surface area contributed by atoms with E-state index in [0.717, 1.165) is 55.2 Å². The summed E-state index contributed by atoms with van der Waals surface area (Å²) in [7, 11) is 0. The van der Waals surface area contributed by atoms with Gasteiger partial charge in [0.1, 0.15) is 13.0 Å². The maximum Gasteiger partial charge on any atom is 0.339 e. The summed E-state index contributed by atoms with van der Waals surface area (Å²) in [4.78, 5) is 171. The van der Waals surface area contributed by atoms with Crippen LogP contribution < -0.4 is 5.32 Å². The quantitative estimate of drug-likeness (QED) is 0.00453. The maximum absolute atomic E-state index is 12.5. The van der Waals surface area contributed by atoms with Crippen LogP contribution in [0.15, 0.2) is 350 Å². The molecule has 35 heteroatoms. The number of unbranched alkanes of at least 4 members (excludes halogenated alkanes) is 4. The van der Waals surface area contributed by atoms with Crippen LogP contribution in [0.4, 0.5) is 0 Å². The van der Waals surface area contributed by atoms with Crippen molar-refractivity contribution in [3.05, 3.63) is 422 Å². The number of ether oxygens (including phenoxy) is 6. The van der Waals surface area contributed by atoms with Crippen molar-refractivity contribution >= 4 is 70.7 Å². The third kappa shape index (κ3) is 57.3. The van der Waals surface area contributed by atoms with E-state index in [0.29, 0.717) is 108 Å². The summed E-state index contributed by atoms with van der Waals surface area (Å²) in [6.45, 7) is 23.1. The molecule has 5 N–H and O–H groups in total. The average Bonchev–Trinajstić information content (AvgIpc) is 0.855. The molecule has 0 bridgehead atoms. The first-order valence-corrected chi connectivity index (χ1v) is 47.8. The molecule has 0 fully saturated rings. The topological polar surface area (TPSA) is 484 Å². The highest BCUT2D eigenvalue weighted by atomic mass is 16.6. The number of pyridine rings is 11. The Morgan fingerprint density at radius 1 is 0.338 bits per heavy atom. The fraction of sp³-hybridized carbons (Fsp3) is 0.274. The van der Waals surface area contributed by atoms with E-state index < -0.39 is 5.97 Å². The minimum Gasteiger partial charge on any atom is -0.466 e. The van der Waals surface area contributed by atoms with Gasteiger partial charge in [0, 0.05) is 209 Å². The second kappa shape index (κ2) is 82.4. The number of aromatic nitrogens is 11. The number of ketones is 2. The fourth-order valence-electron chi connectivity index (χ4n) is 11.5. The summed E-state index contributed by atoms with van der Waals surface area (Å²) in [5, 5.41) is 37.0. The van der Waals surface area contributed by atoms with E-state index in [1.807, 2.05) is 85.9 Å². The molecule has 2 aromatic carbocycles. The number of esters is 6. The molecule has 0 aliphatic carbocycles. The number of carbonyl (C=O) groups excluding carboxylic acids is 11. The second-order valence-corrected chi connectivity index (χ2v) is 30.1. The van der Waals surface area contributed by atoms with Gasteiger partial charge in [-0.3, -0.25) is 88.4 Å². The molecule has 35 nitrogen and oxygen atoms in total. The zero-order chi connectivity index (χ0) is 108. The Labute approximate surface area is 864 Å². The molecule has 13 rings (SSSR count). The number of likely N-dealkylation sites (N-methyl/N-ethyl adjacent to an activating group) is 1. The molecule has 11 aromatic heterocycles. The van der Waals surface area contributed by atoms with E-state index in [1.165, 1.54) is 66.6 Å². The van der Waals surface area contributed by atoms with Crippen LogP contribution in [0.2, 0.25) is 0 Å². The van der Waals surface area contributed by atoms with Gasteiger partial charge in [-0.1, -0.05) is 125 Å². The highest BCUT2D eigenvalue weighted by Gasteiger charge is 2.19. The van der Waals surface area contributed by atoms with Crippen molar-refractivity contribution < 1.29 is 102 Å². The molecule has 13 aromatic rings. The fourth-order valence-corrected chi connectivity index (χ4v) is 11.5. The molecule has 780 valence electrons. The summed E-state index contributed by atoms with van der Waals surface area (Å²) in [6.07, 6.45) is 45.1. The van der Waals surface area contributed by atoms with Crippen molar-refractivity contribution in [3.63, 3.8) is 0 Å². The Hall–Kier alpha value is -17.0. The molecular weight excluding hydrogens is 1890 g/mol. The molecular formula is C113H132N14O21. The number of benzene rings is 2. The van der Waals surface area contributed by atoms with Gasteiger partial charge in [-0.15, -0.1) is 0 Å². The summed E-state index contributed by atoms with van der Waals surface area (Å²) in [5.74, 6) is -2.56. The van der Waals surface area contributed by atoms with E-state index in [4.69, 9.17) is 44.1 Å². The first kappa shape index (κ1) is 125. The summed E-state index contributed by atoms with van der Waals surface area (Å²) in [6, 6.07) is 56.5. The molecule has 0 spiro atoms. The van der Waals surface area contributed by atoms with Gasteiger partial charge in [0.15, 0.2) is 11.6 Å². The van der Waals surface area contributed by atoms with Crippen molar-refractivity contribution in [1.82, 2.24) is 69.9 Å². The van der Waals surface area contributed by atoms with Crippen LogP contribution in [0, 0.1) is 0 Å². The van der Waals surface area contributed by atoms with Crippen LogP contribution >= 0.6 is 0 Å². The molecule has 0 saturated heterocycles. The number of hydrogen-bond donors (Lipinski definition) is 5. The first-order valence-electron chi connectivity index (χ1n) is 47.8. The van der Waals surface area contributed by atoms with Crippen LogP contribution in [-0.2, 0) is 62.2 Å². The number of aliphatic hydroxyl groups excluding tert-OH is 4. The van der Waals surface area contributed by atoms with Crippen LogP contribution in [0.1, 0.15) is 204 Å². The van der Waals surface area contributed by atoms with E-state index in [1.54, 1.807) is 240 Å². The van der Waals surface area contributed by atoms with Crippen LogP contribution in [0.25, 0.3) is 5.57 Å². The lowest BCUT2D eigenvalue weighted by atomic mass is 10.1. The van der Waals surface area contributed by atoms with Crippen molar-refractivity contribution in [2.45, 2.75) is 112 Å². The Balaban J connectivity index is 0.000000420. The van der Waals surface area contributed by atoms with Gasteiger partial charge in [0.2, 0.25) is 0 Å². The molecule has 11 heterocycles. The number of aliphatic hydroxyl groups is 4. The molecule has 3 amide bonds. The van der Waals surface area contributed by atoms with Crippen molar-refractivity contribution in [1.29, 1.82) is 0 Å². The minimum atomic E-state index is -0.491. The average molecular weight is 2020 g/mol. The van der Waals surface area contributed by atoms with Gasteiger partial charge < -0.3 is 64.0 Å². The first-order chi connectivity index (χ1) is 72.1. The lowest BCUT2D eigenvalue weighted by Crippen LogP contribution is -2.35. The number of nitrogens with zero attached hydrogens (tertiary/aromatic N) is 13. The van der Waals surface area contributed by atoms with Crippen LogP contribution in [-0.4, -0.2) is 242 Å². The maximum atomic E-state index is 12.5. The van der Waals surface area contributed by atoms with Gasteiger partial charge in [-0.25, -0.2) is 19.2 Å². The van der Waals surface area contributed by atoms with Gasteiger partial charge in [-0.05, 0) is 203 Å². The monoisotopic (exact) mass is 2020 g/mol. The summed E-state index contributed by atoms with van der Waals surface area (Å²) < 4.78 is 29.1. The second-order valence-electron chi connectivity index (χ2n) is 30.1. The SMILES string of the molecule is C=C(C(=O)N(CC)Cc1ccncc1)c1ccccc1.C=CCOC(=O)c1ccncc1.CCCCCCOC(=O)c1cccnc1.CCCCOC(=O)c1cccnc1.CCOC(=O)CC(=O)c1ccncc1.CCOC(=O)Cc1ccncc1.CCOC(=O)c1ccncc1.O=C(NCCO)c1ccncc1.O=C(c1ccccc1)c1cccnc1.O=C(c1ccncc1)N(CCO)CCO.OCCCc1cccnc1. The lowest BCUT2D eigenvalue weighted by Gasteiger charge is -2.22. The van der Waals surface area contributed by atoms with Gasteiger partial charge in [0.25, 0.3) is 17.7 Å². The lowest BCUT2D eigenvalue weighted by molar-refractivity contribution is -0.143. The van der Waals surface area contributed by atoms with E-state index in [2.05, 4.69) is 91.9 Å². The molecule has 0 unspecified atom stereocenters. The predicted octanol–water partition coefficient (Wildman–Crippen LogP) is 15.7. The van der Waals surface area contributed by atoms with E-state index in [-0.39, 0.29) is 118 Å². The Bertz CT molecular complexity index is 5730. The van der Waals surface area contributed by atoms with E-state index >= 15 is 0 Å². The standard InChI is InChI=1S/C17H18N2O.C12H17NO2.C12H9NO.C10H14N2O3.C10H11NO3.C10H13NO2.C9H11NO2.C9H9NO2.C8H10N2O2.C8H9NO2.C8H11NO/c1-3-19(13-15-9-11-18-12-10-15)17(20)14(2)16-7-5-4-6-8-16;1-2-3-4-5-9-15-12(14)11-7-6-8-13-10-11;14-12(10-5-2-1-3-6-10)11-7-4-8-13-9-11;13-7-5-12(6-8-14)10(15)9-1-3-11-4-2-9;1-2-14-10(13)7-9(12)8-3-5-11-6-4-8;1-2-3-7-13-10(12)9-5-4-6-11-8-9;1-2-12-9(11)7-8-3-5-10-6-4-8;1-2-7-12-9(11)8-3-5-10-6-4-8;11-6-5-10-8(12)7-1-3-9-4-2-7;1-2-11-8(10)7-3-5-9-6-4-7;10-6-2-4-8-3-1-5-9-7-8/h4-12H,2-3,13H2,1H3;6-8,10H,2-5,9H2,1H3;1-9H;1-4,13-14H,5-8H2;3-6H,2,7H2,1H3;4-6,8H,2-3,7H2,1H3;3-6H,2,7H2,1H3;2-6H,1,7H2;1-4,11H,5-6H2,(H,10,12);3-6H,2H2,1H3;1,3,5,7,10H,2,4,6H2. The van der Waals surface area contributed by atoms with Crippen molar-refractivity contribution in [2.75, 3.05) is 92.2 Å². The summed E-state index contributed by atoms with van der Waals surface area (Å²) in [5.41, 5.74) is 9.53. The molecule has 0 saturated carbocycles. The largest absolute Gasteiger partial charge is 0.466 e. The molecule has 0 atom stereocenters. The van der Waals surface area contributed by atoms with Crippen molar-refractivity contribution in [3.8, 4) is 0 Å². The zero-order valence-corrected chi connectivity index (χ0v) is 84.4. The molecule has 0 radical (unpaired) electrons. The number of aryl methyl sites for hydroxylation is 1. The zero-order valence-electron chi connectivity index (χ0n) is 84.4. The minimum absolute atomic E-state index is 0.0127. The third-order valence-electron chi connectivity index (χ3n) is 19.0. The van der Waals surface area contributed by atoms with Gasteiger partial charge in [0.05, 0.1) is 81.5 Å². The molecule has 0 aliphatic rings. The Morgan fingerprint density at radius 3 is 1.17 bits per heavy atom. The van der Waals surface area contributed by atoms with Crippen LogP contribution in [0.5, 0.6) is 0 Å². The molecule has 148 heavy (non-hydrogen) atoms. The number of rotatable bonds is 40. The highest BCUT2D eigenvalue weighted by Crippen LogP contribution is 2.18. The number of Topliss-reactive ketones (excluding diaryl/α,β-unsaturated/α-hetero) is 1. The normalized spacial score (nSPS) is 9.64. The summed E-state index contributed by atoms with van der Waals surface area (Å²) >= 11 is 0. The molecule has 0 aliphatic heterocycles. The third-order valence-corrected chi connectivity index (χ3v) is 19.0. The Morgan fingerprint density at radius 2 is 0.743 bits per heavy atom. The van der Waals surface area contributed by atoms with Gasteiger partial charge >= 0.3 is 35.8 Å². The number of amides is 3. The van der Waals surface area contributed by atoms with Crippen LogP contribution in [0.3, 0.4) is 0 Å². The Kier molecular flexibility index (Phi) is 69.7.